The highest BCUT2D eigenvalue weighted by molar-refractivity contribution is 6.30. The summed E-state index contributed by atoms with van der Waals surface area (Å²) in [6, 6.07) is 3.14. The van der Waals surface area contributed by atoms with Gasteiger partial charge in [0.25, 0.3) is 5.91 Å². The molecular formula is C11H15ClN2O2. The molecule has 1 heterocycles. The molecule has 0 radical (unpaired) electrons. The maximum Gasteiger partial charge on any atom is 0.269 e. The van der Waals surface area contributed by atoms with Gasteiger partial charge >= 0.3 is 0 Å². The molecule has 0 aromatic carbocycles. The number of aromatic nitrogens is 1. The van der Waals surface area contributed by atoms with Crippen LogP contribution in [0.25, 0.3) is 0 Å². The van der Waals surface area contributed by atoms with Gasteiger partial charge in [-0.2, -0.15) is 0 Å². The number of hydrogen-bond acceptors (Lipinski definition) is 3. The first-order chi connectivity index (χ1) is 7.63. The highest BCUT2D eigenvalue weighted by atomic mass is 35.5. The first kappa shape index (κ1) is 12.9. The Morgan fingerprint density at radius 2 is 2.44 bits per heavy atom. The lowest BCUT2D eigenvalue weighted by Crippen LogP contribution is -2.29. The summed E-state index contributed by atoms with van der Waals surface area (Å²) >= 11 is 5.75. The molecule has 4 nitrogen and oxygen atoms in total. The second kappa shape index (κ2) is 6.45. The molecule has 0 spiro atoms. The van der Waals surface area contributed by atoms with Gasteiger partial charge in [0.15, 0.2) is 0 Å². The minimum atomic E-state index is -0.243. The fraction of sp³-hybridized carbons (Fsp3) is 0.455. The molecule has 5 heteroatoms. The normalized spacial score (nSPS) is 12.2. The van der Waals surface area contributed by atoms with Crippen LogP contribution in [0.3, 0.4) is 0 Å². The molecule has 0 saturated heterocycles. The number of hydrogen-bond donors (Lipinski definition) is 2. The number of pyridine rings is 1. The van der Waals surface area contributed by atoms with Crippen molar-refractivity contribution in [2.75, 3.05) is 13.2 Å². The van der Waals surface area contributed by atoms with Crippen LogP contribution in [-0.4, -0.2) is 29.1 Å². The molecule has 0 aliphatic heterocycles. The van der Waals surface area contributed by atoms with E-state index < -0.39 is 0 Å². The summed E-state index contributed by atoms with van der Waals surface area (Å²) in [5.74, 6) is 0.000393. The Balaban J connectivity index is 2.47. The number of nitrogens with one attached hydrogen (secondary N) is 1. The number of nitrogens with zero attached hydrogens (tertiary/aromatic N) is 1. The van der Waals surface area contributed by atoms with Gasteiger partial charge < -0.3 is 10.4 Å². The first-order valence-electron chi connectivity index (χ1n) is 5.14. The molecule has 16 heavy (non-hydrogen) atoms. The van der Waals surface area contributed by atoms with Crippen LogP contribution in [-0.2, 0) is 0 Å². The number of carbonyl (C=O) groups excluding carboxylic acids is 1. The molecule has 0 aliphatic rings. The molecule has 0 saturated carbocycles. The van der Waals surface area contributed by atoms with Crippen LogP contribution in [0.15, 0.2) is 18.3 Å². The minimum Gasteiger partial charge on any atom is -0.396 e. The summed E-state index contributed by atoms with van der Waals surface area (Å²) in [5, 5.41) is 11.9. The topological polar surface area (TPSA) is 62.2 Å². The number of rotatable bonds is 5. The predicted octanol–water partition coefficient (Wildman–Crippen LogP) is 1.48. The Bertz CT molecular complexity index is 358. The molecule has 0 fully saturated rings. The van der Waals surface area contributed by atoms with Crippen LogP contribution in [0, 0.1) is 5.92 Å². The summed E-state index contributed by atoms with van der Waals surface area (Å²) in [5.41, 5.74) is 0.309. The number of carbonyl (C=O) groups is 1. The van der Waals surface area contributed by atoms with Crippen LogP contribution >= 0.6 is 11.6 Å². The standard InChI is InChI=1S/C11H15ClN2O2/c1-8(3-5-15)7-14-11(16)10-6-9(12)2-4-13-10/h2,4,6,8,15H,3,5,7H2,1H3,(H,14,16). The third-order valence-corrected chi connectivity index (χ3v) is 2.42. The van der Waals surface area contributed by atoms with Gasteiger partial charge in [0.2, 0.25) is 0 Å². The van der Waals surface area contributed by atoms with Gasteiger partial charge in [-0.3, -0.25) is 9.78 Å². The summed E-state index contributed by atoms with van der Waals surface area (Å²) in [6.45, 7) is 2.61. The van der Waals surface area contributed by atoms with Crippen molar-refractivity contribution in [3.63, 3.8) is 0 Å². The van der Waals surface area contributed by atoms with E-state index in [1.54, 1.807) is 6.07 Å². The van der Waals surface area contributed by atoms with Gasteiger partial charge in [0.05, 0.1) is 0 Å². The summed E-state index contributed by atoms with van der Waals surface area (Å²) in [6.07, 6.45) is 2.16. The number of aliphatic hydroxyl groups excluding tert-OH is 1. The van der Waals surface area contributed by atoms with Gasteiger partial charge in [0.1, 0.15) is 5.69 Å². The molecule has 1 aromatic rings. The van der Waals surface area contributed by atoms with Crippen molar-refractivity contribution < 1.29 is 9.90 Å². The van der Waals surface area contributed by atoms with E-state index in [1.807, 2.05) is 6.92 Å². The lowest BCUT2D eigenvalue weighted by molar-refractivity contribution is 0.0940. The quantitative estimate of drug-likeness (QED) is 0.822. The zero-order chi connectivity index (χ0) is 12.0. The lowest BCUT2D eigenvalue weighted by Gasteiger charge is -2.10. The first-order valence-corrected chi connectivity index (χ1v) is 5.52. The van der Waals surface area contributed by atoms with Crippen molar-refractivity contribution in [3.05, 3.63) is 29.0 Å². The Morgan fingerprint density at radius 3 is 3.06 bits per heavy atom. The smallest absolute Gasteiger partial charge is 0.269 e. The van der Waals surface area contributed by atoms with Crippen molar-refractivity contribution >= 4 is 17.5 Å². The Labute approximate surface area is 99.6 Å². The second-order valence-electron chi connectivity index (χ2n) is 3.69. The van der Waals surface area contributed by atoms with Crippen LogP contribution in [0.5, 0.6) is 0 Å². The van der Waals surface area contributed by atoms with Crippen molar-refractivity contribution in [2.24, 2.45) is 5.92 Å². The molecule has 1 unspecified atom stereocenters. The maximum atomic E-state index is 11.6. The summed E-state index contributed by atoms with van der Waals surface area (Å²) in [4.78, 5) is 15.5. The second-order valence-corrected chi connectivity index (χ2v) is 4.12. The van der Waals surface area contributed by atoms with Crippen LogP contribution in [0.1, 0.15) is 23.8 Å². The van der Waals surface area contributed by atoms with Gasteiger partial charge in [-0.05, 0) is 24.5 Å². The van der Waals surface area contributed by atoms with Crippen LogP contribution in [0.2, 0.25) is 5.02 Å². The molecule has 0 bridgehead atoms. The molecule has 0 aliphatic carbocycles. The molecule has 88 valence electrons. The predicted molar refractivity (Wildman–Crippen MR) is 62.4 cm³/mol. The minimum absolute atomic E-state index is 0.131. The summed E-state index contributed by atoms with van der Waals surface area (Å²) < 4.78 is 0. The van der Waals surface area contributed by atoms with E-state index >= 15 is 0 Å². The molecule has 1 rings (SSSR count). The van der Waals surface area contributed by atoms with Gasteiger partial charge in [-0.1, -0.05) is 18.5 Å². The number of halogens is 1. The molecule has 1 amide bonds. The highest BCUT2D eigenvalue weighted by Crippen LogP contribution is 2.08. The fourth-order valence-electron chi connectivity index (χ4n) is 1.21. The van der Waals surface area contributed by atoms with E-state index in [4.69, 9.17) is 16.7 Å². The fourth-order valence-corrected chi connectivity index (χ4v) is 1.37. The lowest BCUT2D eigenvalue weighted by atomic mass is 10.1. The highest BCUT2D eigenvalue weighted by Gasteiger charge is 2.08. The van der Waals surface area contributed by atoms with E-state index in [0.29, 0.717) is 23.7 Å². The largest absolute Gasteiger partial charge is 0.396 e. The van der Waals surface area contributed by atoms with Crippen molar-refractivity contribution in [1.29, 1.82) is 0 Å². The van der Waals surface area contributed by atoms with E-state index in [2.05, 4.69) is 10.3 Å². The van der Waals surface area contributed by atoms with E-state index in [0.717, 1.165) is 0 Å². The number of aliphatic hydroxyl groups is 1. The Morgan fingerprint density at radius 1 is 1.69 bits per heavy atom. The number of amides is 1. The summed E-state index contributed by atoms with van der Waals surface area (Å²) in [7, 11) is 0. The van der Waals surface area contributed by atoms with Crippen molar-refractivity contribution in [2.45, 2.75) is 13.3 Å². The Kier molecular flexibility index (Phi) is 5.22. The Hall–Kier alpha value is -1.13. The zero-order valence-electron chi connectivity index (χ0n) is 9.11. The third-order valence-electron chi connectivity index (χ3n) is 2.19. The van der Waals surface area contributed by atoms with Crippen molar-refractivity contribution in [3.8, 4) is 0 Å². The van der Waals surface area contributed by atoms with E-state index in [1.165, 1.54) is 12.3 Å². The molecular weight excluding hydrogens is 228 g/mol. The monoisotopic (exact) mass is 242 g/mol. The van der Waals surface area contributed by atoms with Crippen molar-refractivity contribution in [1.82, 2.24) is 10.3 Å². The van der Waals surface area contributed by atoms with E-state index in [-0.39, 0.29) is 18.4 Å². The molecule has 2 N–H and O–H groups in total. The van der Waals surface area contributed by atoms with E-state index in [9.17, 15) is 4.79 Å². The van der Waals surface area contributed by atoms with Crippen LogP contribution in [0.4, 0.5) is 0 Å². The average Bonchev–Trinajstić information content (AvgIpc) is 2.26. The average molecular weight is 243 g/mol. The van der Waals surface area contributed by atoms with Gasteiger partial charge in [-0.15, -0.1) is 0 Å². The van der Waals surface area contributed by atoms with Gasteiger partial charge in [0, 0.05) is 24.4 Å². The maximum absolute atomic E-state index is 11.6. The zero-order valence-corrected chi connectivity index (χ0v) is 9.87. The molecule has 1 aromatic heterocycles. The van der Waals surface area contributed by atoms with Gasteiger partial charge in [-0.25, -0.2) is 0 Å². The SMILES string of the molecule is CC(CCO)CNC(=O)c1cc(Cl)ccn1. The molecule has 1 atom stereocenters. The third kappa shape index (κ3) is 4.16. The van der Waals surface area contributed by atoms with Crippen LogP contribution < -0.4 is 5.32 Å².